The van der Waals surface area contributed by atoms with Gasteiger partial charge in [0.15, 0.2) is 0 Å². The predicted octanol–water partition coefficient (Wildman–Crippen LogP) is 2.87. The summed E-state index contributed by atoms with van der Waals surface area (Å²) in [6.45, 7) is 3.94. The Morgan fingerprint density at radius 1 is 1.14 bits per heavy atom. The smallest absolute Gasteiger partial charge is 0.313 e. The molecule has 2 aliphatic rings. The van der Waals surface area contributed by atoms with Gasteiger partial charge in [-0.1, -0.05) is 24.6 Å². The van der Waals surface area contributed by atoms with Crippen molar-refractivity contribution >= 4 is 17.5 Å². The van der Waals surface area contributed by atoms with E-state index in [9.17, 15) is 9.59 Å². The molecule has 0 spiro atoms. The molecule has 2 amide bonds. The van der Waals surface area contributed by atoms with Gasteiger partial charge in [0.25, 0.3) is 0 Å². The van der Waals surface area contributed by atoms with Gasteiger partial charge in [0, 0.05) is 11.7 Å². The Morgan fingerprint density at radius 2 is 1.91 bits per heavy atom. The maximum Gasteiger partial charge on any atom is 0.313 e. The second-order valence-corrected chi connectivity index (χ2v) is 6.87. The molecule has 1 aromatic carbocycles. The molecule has 4 atom stereocenters. The Hall–Kier alpha value is -1.84. The van der Waals surface area contributed by atoms with Gasteiger partial charge in [-0.15, -0.1) is 0 Å². The van der Waals surface area contributed by atoms with Gasteiger partial charge < -0.3 is 10.6 Å². The molecule has 2 saturated carbocycles. The first-order valence-corrected chi connectivity index (χ1v) is 8.22. The Labute approximate surface area is 131 Å². The molecule has 0 radical (unpaired) electrons. The number of anilines is 1. The summed E-state index contributed by atoms with van der Waals surface area (Å²) in [7, 11) is 0. The molecular formula is C18H24N2O2. The first kappa shape index (κ1) is 15.1. The van der Waals surface area contributed by atoms with Crippen LogP contribution in [0.3, 0.4) is 0 Å². The molecular weight excluding hydrogens is 276 g/mol. The minimum atomic E-state index is -0.579. The molecule has 118 valence electrons. The van der Waals surface area contributed by atoms with Crippen LogP contribution in [0.4, 0.5) is 5.69 Å². The lowest BCUT2D eigenvalue weighted by atomic mass is 9.84. The molecule has 2 aliphatic carbocycles. The number of rotatable bonds is 3. The van der Waals surface area contributed by atoms with Gasteiger partial charge in [-0.3, -0.25) is 9.59 Å². The van der Waals surface area contributed by atoms with Gasteiger partial charge in [-0.2, -0.15) is 0 Å². The topological polar surface area (TPSA) is 58.2 Å². The number of fused-ring (bicyclic) bond motifs is 2. The summed E-state index contributed by atoms with van der Waals surface area (Å²) in [6, 6.07) is 7.54. The molecule has 4 unspecified atom stereocenters. The van der Waals surface area contributed by atoms with Gasteiger partial charge >= 0.3 is 11.8 Å². The third-order valence-electron chi connectivity index (χ3n) is 5.39. The lowest BCUT2D eigenvalue weighted by Crippen LogP contribution is -2.45. The lowest BCUT2D eigenvalue weighted by Gasteiger charge is -2.28. The molecule has 2 N–H and O–H groups in total. The van der Waals surface area contributed by atoms with Crippen molar-refractivity contribution in [2.24, 2.45) is 17.8 Å². The Morgan fingerprint density at radius 3 is 2.55 bits per heavy atom. The third kappa shape index (κ3) is 3.01. The molecule has 2 bridgehead atoms. The van der Waals surface area contributed by atoms with Crippen LogP contribution in [0.1, 0.15) is 38.2 Å². The summed E-state index contributed by atoms with van der Waals surface area (Å²) in [5, 5.41) is 5.58. The average molecular weight is 300 g/mol. The second-order valence-electron chi connectivity index (χ2n) is 6.87. The van der Waals surface area contributed by atoms with Crippen molar-refractivity contribution in [2.75, 3.05) is 5.32 Å². The monoisotopic (exact) mass is 300 g/mol. The van der Waals surface area contributed by atoms with E-state index >= 15 is 0 Å². The Kier molecular flexibility index (Phi) is 4.19. The number of aryl methyl sites for hydroxylation is 1. The highest BCUT2D eigenvalue weighted by Gasteiger charge is 2.42. The highest BCUT2D eigenvalue weighted by Crippen LogP contribution is 2.49. The average Bonchev–Trinajstić information content (AvgIpc) is 3.12. The van der Waals surface area contributed by atoms with E-state index in [-0.39, 0.29) is 6.04 Å². The highest BCUT2D eigenvalue weighted by atomic mass is 16.2. The van der Waals surface area contributed by atoms with Crippen molar-refractivity contribution in [2.45, 2.75) is 45.6 Å². The van der Waals surface area contributed by atoms with Crippen LogP contribution in [-0.4, -0.2) is 17.9 Å². The molecule has 4 nitrogen and oxygen atoms in total. The minimum Gasteiger partial charge on any atom is -0.345 e. The maximum atomic E-state index is 12.1. The zero-order chi connectivity index (χ0) is 15.7. The van der Waals surface area contributed by atoms with Crippen molar-refractivity contribution in [1.29, 1.82) is 0 Å². The van der Waals surface area contributed by atoms with Crippen LogP contribution in [0, 0.1) is 24.7 Å². The van der Waals surface area contributed by atoms with Crippen LogP contribution < -0.4 is 10.6 Å². The lowest BCUT2D eigenvalue weighted by molar-refractivity contribution is -0.136. The number of para-hydroxylation sites is 1. The fourth-order valence-corrected chi connectivity index (χ4v) is 4.18. The summed E-state index contributed by atoms with van der Waals surface area (Å²) in [4.78, 5) is 24.2. The SMILES string of the molecule is Cc1ccccc1NC(=O)C(=O)NC(C)C1CC2CCC1C2. The van der Waals surface area contributed by atoms with Crippen molar-refractivity contribution in [3.8, 4) is 0 Å². The summed E-state index contributed by atoms with van der Waals surface area (Å²) >= 11 is 0. The molecule has 1 aromatic rings. The van der Waals surface area contributed by atoms with Crippen LogP contribution >= 0.6 is 0 Å². The van der Waals surface area contributed by atoms with Crippen molar-refractivity contribution in [3.63, 3.8) is 0 Å². The normalized spacial score (nSPS) is 27.5. The van der Waals surface area contributed by atoms with Crippen LogP contribution in [0.2, 0.25) is 0 Å². The van der Waals surface area contributed by atoms with E-state index in [1.165, 1.54) is 25.7 Å². The van der Waals surface area contributed by atoms with Gasteiger partial charge in [0.05, 0.1) is 0 Å². The van der Waals surface area contributed by atoms with Gasteiger partial charge in [-0.25, -0.2) is 0 Å². The number of nitrogens with one attached hydrogen (secondary N) is 2. The zero-order valence-corrected chi connectivity index (χ0v) is 13.3. The van der Waals surface area contributed by atoms with Crippen molar-refractivity contribution in [1.82, 2.24) is 5.32 Å². The predicted molar refractivity (Wildman–Crippen MR) is 86.4 cm³/mol. The third-order valence-corrected chi connectivity index (χ3v) is 5.39. The molecule has 4 heteroatoms. The quantitative estimate of drug-likeness (QED) is 0.843. The molecule has 0 aromatic heterocycles. The van der Waals surface area contributed by atoms with Crippen LogP contribution in [0.15, 0.2) is 24.3 Å². The van der Waals surface area contributed by atoms with Gasteiger partial charge in [0.1, 0.15) is 0 Å². The molecule has 0 heterocycles. The summed E-state index contributed by atoms with van der Waals surface area (Å²) in [5.74, 6) is 1.01. The van der Waals surface area contributed by atoms with Crippen molar-refractivity contribution in [3.05, 3.63) is 29.8 Å². The number of carbonyl (C=O) groups excluding carboxylic acids is 2. The van der Waals surface area contributed by atoms with E-state index in [0.29, 0.717) is 11.6 Å². The fourth-order valence-electron chi connectivity index (χ4n) is 4.18. The fraction of sp³-hybridized carbons (Fsp3) is 0.556. The van der Waals surface area contributed by atoms with E-state index in [4.69, 9.17) is 0 Å². The van der Waals surface area contributed by atoms with E-state index in [2.05, 4.69) is 10.6 Å². The molecule has 22 heavy (non-hydrogen) atoms. The summed E-state index contributed by atoms with van der Waals surface area (Å²) in [5.41, 5.74) is 1.64. The summed E-state index contributed by atoms with van der Waals surface area (Å²) < 4.78 is 0. The van der Waals surface area contributed by atoms with Crippen LogP contribution in [0.5, 0.6) is 0 Å². The van der Waals surface area contributed by atoms with Gasteiger partial charge in [0.2, 0.25) is 0 Å². The van der Waals surface area contributed by atoms with E-state index in [1.807, 2.05) is 32.0 Å². The molecule has 3 rings (SSSR count). The number of hydrogen-bond acceptors (Lipinski definition) is 2. The number of amides is 2. The number of hydrogen-bond donors (Lipinski definition) is 2. The zero-order valence-electron chi connectivity index (χ0n) is 13.3. The molecule has 2 fully saturated rings. The van der Waals surface area contributed by atoms with Crippen LogP contribution in [0.25, 0.3) is 0 Å². The second kappa shape index (κ2) is 6.11. The Bertz CT molecular complexity index is 584. The number of benzene rings is 1. The largest absolute Gasteiger partial charge is 0.345 e. The first-order chi connectivity index (χ1) is 10.5. The standard InChI is InChI=1S/C18H24N2O2/c1-11-5-3-4-6-16(11)20-18(22)17(21)19-12(2)15-10-13-7-8-14(15)9-13/h3-6,12-15H,7-10H2,1-2H3,(H,19,21)(H,20,22). The maximum absolute atomic E-state index is 12.1. The molecule has 0 saturated heterocycles. The summed E-state index contributed by atoms with van der Waals surface area (Å²) in [6.07, 6.45) is 5.13. The Balaban J connectivity index is 1.55. The van der Waals surface area contributed by atoms with Gasteiger partial charge in [-0.05, 0) is 62.5 Å². The van der Waals surface area contributed by atoms with Crippen LogP contribution in [-0.2, 0) is 9.59 Å². The van der Waals surface area contributed by atoms with E-state index in [0.717, 1.165) is 17.4 Å². The van der Waals surface area contributed by atoms with E-state index < -0.39 is 11.8 Å². The van der Waals surface area contributed by atoms with Crippen molar-refractivity contribution < 1.29 is 9.59 Å². The van der Waals surface area contributed by atoms with E-state index in [1.54, 1.807) is 6.07 Å². The first-order valence-electron chi connectivity index (χ1n) is 8.22. The number of carbonyl (C=O) groups is 2. The molecule has 0 aliphatic heterocycles. The highest BCUT2D eigenvalue weighted by molar-refractivity contribution is 6.39. The minimum absolute atomic E-state index is 0.0745.